The summed E-state index contributed by atoms with van der Waals surface area (Å²) in [6, 6.07) is 18.6. The number of aromatic nitrogens is 2. The van der Waals surface area contributed by atoms with Crippen LogP contribution in [0.4, 0.5) is 17.1 Å². The molecule has 4 aromatic carbocycles. The smallest absolute Gasteiger partial charge is 0.323 e. The third-order valence-corrected chi connectivity index (χ3v) is 5.65. The highest BCUT2D eigenvalue weighted by atomic mass is 35.5. The van der Waals surface area contributed by atoms with E-state index in [9.17, 15) is 14.7 Å². The monoisotopic (exact) mass is 487 g/mol. The molecule has 0 radical (unpaired) electrons. The summed E-state index contributed by atoms with van der Waals surface area (Å²) in [5.41, 5.74) is 1.81. The number of amides is 1. The number of carbonyl (C=O) groups is 1. The second-order valence-corrected chi connectivity index (χ2v) is 8.09. The predicted molar refractivity (Wildman–Crippen MR) is 135 cm³/mol. The minimum Gasteiger partial charge on any atom is -0.505 e. The molecule has 4 N–H and O–H groups in total. The number of rotatable bonds is 5. The Morgan fingerprint density at radius 1 is 1.00 bits per heavy atom. The van der Waals surface area contributed by atoms with Crippen molar-refractivity contribution in [2.75, 3.05) is 12.4 Å². The number of hydrogen-bond donors (Lipinski definition) is 4. The van der Waals surface area contributed by atoms with Crippen LogP contribution in [0.3, 0.4) is 0 Å². The van der Waals surface area contributed by atoms with Crippen molar-refractivity contribution in [3.05, 3.63) is 87.8 Å². The normalized spacial score (nSPS) is 11.4. The van der Waals surface area contributed by atoms with Gasteiger partial charge in [0.2, 0.25) is 0 Å². The highest BCUT2D eigenvalue weighted by molar-refractivity contribution is 6.30. The van der Waals surface area contributed by atoms with Crippen molar-refractivity contribution in [2.45, 2.75) is 0 Å². The van der Waals surface area contributed by atoms with Gasteiger partial charge in [-0.2, -0.15) is 0 Å². The lowest BCUT2D eigenvalue weighted by atomic mass is 10.0. The molecule has 0 aliphatic heterocycles. The van der Waals surface area contributed by atoms with Crippen molar-refractivity contribution in [2.24, 2.45) is 10.2 Å². The molecule has 0 saturated carbocycles. The van der Waals surface area contributed by atoms with Crippen molar-refractivity contribution in [3.63, 3.8) is 0 Å². The van der Waals surface area contributed by atoms with E-state index in [4.69, 9.17) is 16.3 Å². The molecule has 0 fully saturated rings. The highest BCUT2D eigenvalue weighted by Crippen LogP contribution is 2.40. The number of methoxy groups -OCH3 is 1. The molecular weight excluding hydrogens is 470 g/mol. The number of carbonyl (C=O) groups excluding carboxylic acids is 1. The molecule has 5 rings (SSSR count). The fourth-order valence-corrected chi connectivity index (χ4v) is 3.90. The number of azo groups is 1. The lowest BCUT2D eigenvalue weighted by Crippen LogP contribution is -2.12. The number of anilines is 1. The van der Waals surface area contributed by atoms with E-state index in [1.165, 1.54) is 7.11 Å². The maximum Gasteiger partial charge on any atom is 0.323 e. The average Bonchev–Trinajstić information content (AvgIpc) is 3.23. The molecule has 0 saturated heterocycles. The minimum atomic E-state index is -0.550. The second-order valence-electron chi connectivity index (χ2n) is 7.65. The van der Waals surface area contributed by atoms with Gasteiger partial charge in [-0.3, -0.25) is 4.79 Å². The zero-order chi connectivity index (χ0) is 24.5. The summed E-state index contributed by atoms with van der Waals surface area (Å²) in [7, 11) is 1.49. The van der Waals surface area contributed by atoms with Crippen LogP contribution in [0.25, 0.3) is 21.8 Å². The number of hydrogen-bond acceptors (Lipinski definition) is 6. The fourth-order valence-electron chi connectivity index (χ4n) is 3.74. The number of nitrogens with one attached hydrogen (secondary N) is 3. The van der Waals surface area contributed by atoms with E-state index in [-0.39, 0.29) is 22.7 Å². The predicted octanol–water partition coefficient (Wildman–Crippen LogP) is 6.04. The molecule has 0 spiro atoms. The van der Waals surface area contributed by atoms with Gasteiger partial charge in [0.05, 0.1) is 23.7 Å². The number of ether oxygens (including phenoxy) is 1. The van der Waals surface area contributed by atoms with Crippen molar-refractivity contribution in [1.82, 2.24) is 9.97 Å². The number of H-pyrrole nitrogens is 2. The van der Waals surface area contributed by atoms with Gasteiger partial charge in [-0.05, 0) is 41.8 Å². The molecule has 10 heteroatoms. The molecule has 174 valence electrons. The number of fused-ring (bicyclic) bond motifs is 2. The van der Waals surface area contributed by atoms with Gasteiger partial charge in [-0.1, -0.05) is 35.9 Å². The second kappa shape index (κ2) is 8.96. The Morgan fingerprint density at radius 2 is 1.80 bits per heavy atom. The van der Waals surface area contributed by atoms with Crippen LogP contribution in [-0.2, 0) is 0 Å². The van der Waals surface area contributed by atoms with Gasteiger partial charge >= 0.3 is 5.69 Å². The number of nitrogens with zero attached hydrogens (tertiary/aromatic N) is 2. The summed E-state index contributed by atoms with van der Waals surface area (Å²) in [5.74, 6) is -0.461. The lowest BCUT2D eigenvalue weighted by Gasteiger charge is -2.11. The molecule has 9 nitrogen and oxygen atoms in total. The molecule has 1 amide bonds. The maximum atomic E-state index is 13.1. The average molecular weight is 488 g/mol. The molecular formula is C25H18ClN5O4. The van der Waals surface area contributed by atoms with Gasteiger partial charge in [0.25, 0.3) is 5.91 Å². The van der Waals surface area contributed by atoms with Gasteiger partial charge in [-0.25, -0.2) is 4.79 Å². The first kappa shape index (κ1) is 22.2. The number of aromatic amines is 2. The summed E-state index contributed by atoms with van der Waals surface area (Å²) < 4.78 is 5.30. The first-order valence-corrected chi connectivity index (χ1v) is 10.8. The minimum absolute atomic E-state index is 0.0170. The number of imidazole rings is 1. The van der Waals surface area contributed by atoms with Crippen molar-refractivity contribution in [3.8, 4) is 11.5 Å². The van der Waals surface area contributed by atoms with Gasteiger partial charge in [0, 0.05) is 22.2 Å². The number of phenolic OH excluding ortho intramolecular Hbond substituents is 1. The Bertz CT molecular complexity index is 1690. The van der Waals surface area contributed by atoms with E-state index < -0.39 is 5.91 Å². The lowest BCUT2D eigenvalue weighted by molar-refractivity contribution is 0.102. The third kappa shape index (κ3) is 4.32. The summed E-state index contributed by atoms with van der Waals surface area (Å²) in [6.45, 7) is 0. The third-order valence-electron chi connectivity index (χ3n) is 5.41. The summed E-state index contributed by atoms with van der Waals surface area (Å²) in [6.07, 6.45) is 0. The SMILES string of the molecule is COc1cc(Cl)ccc1N=Nc1c(O)c(C(=O)Nc2ccc3[nH]c(=O)[nH]c3c2)cc2ccccc12. The van der Waals surface area contributed by atoms with Crippen molar-refractivity contribution >= 4 is 56.4 Å². The Labute approximate surface area is 203 Å². The Kier molecular flexibility index (Phi) is 5.68. The molecule has 1 heterocycles. The summed E-state index contributed by atoms with van der Waals surface area (Å²) in [5, 5.41) is 24.1. The largest absolute Gasteiger partial charge is 0.505 e. The van der Waals surface area contributed by atoms with Crippen LogP contribution in [0.2, 0.25) is 5.02 Å². The Hall–Kier alpha value is -4.63. The molecule has 0 unspecified atom stereocenters. The first-order chi connectivity index (χ1) is 16.9. The molecule has 0 aliphatic carbocycles. The quantitative estimate of drug-likeness (QED) is 0.225. The van der Waals surface area contributed by atoms with Crippen LogP contribution >= 0.6 is 11.6 Å². The number of aromatic hydroxyl groups is 1. The van der Waals surface area contributed by atoms with E-state index in [0.717, 1.165) is 0 Å². The molecule has 35 heavy (non-hydrogen) atoms. The molecule has 1 aromatic heterocycles. The number of benzene rings is 4. The highest BCUT2D eigenvalue weighted by Gasteiger charge is 2.19. The van der Waals surface area contributed by atoms with E-state index in [2.05, 4.69) is 25.5 Å². The van der Waals surface area contributed by atoms with Crippen LogP contribution in [-0.4, -0.2) is 28.1 Å². The van der Waals surface area contributed by atoms with E-state index in [0.29, 0.717) is 44.0 Å². The topological polar surface area (TPSA) is 132 Å². The van der Waals surface area contributed by atoms with E-state index in [1.807, 2.05) is 12.1 Å². The molecule has 5 aromatic rings. The van der Waals surface area contributed by atoms with Crippen LogP contribution in [0.1, 0.15) is 10.4 Å². The number of halogens is 1. The van der Waals surface area contributed by atoms with Crippen molar-refractivity contribution in [1.29, 1.82) is 0 Å². The molecule has 0 aliphatic rings. The Balaban J connectivity index is 1.55. The summed E-state index contributed by atoms with van der Waals surface area (Å²) >= 11 is 6.02. The zero-order valence-electron chi connectivity index (χ0n) is 18.3. The summed E-state index contributed by atoms with van der Waals surface area (Å²) in [4.78, 5) is 29.9. The van der Waals surface area contributed by atoms with Gasteiger partial charge in [0.1, 0.15) is 17.1 Å². The van der Waals surface area contributed by atoms with Crippen LogP contribution in [0.5, 0.6) is 11.5 Å². The van der Waals surface area contributed by atoms with Crippen LogP contribution < -0.4 is 15.7 Å². The van der Waals surface area contributed by atoms with Gasteiger partial charge in [0.15, 0.2) is 5.75 Å². The molecule has 0 atom stereocenters. The first-order valence-electron chi connectivity index (χ1n) is 10.5. The zero-order valence-corrected chi connectivity index (χ0v) is 19.1. The van der Waals surface area contributed by atoms with E-state index >= 15 is 0 Å². The van der Waals surface area contributed by atoms with Crippen LogP contribution in [0.15, 0.2) is 81.8 Å². The standard InChI is InChI=1S/C25H18ClN5O4/c1-35-21-11-14(26)6-8-19(21)30-31-22-16-5-3-2-4-13(16)10-17(23(22)32)24(33)27-15-7-9-18-20(12-15)29-25(34)28-18/h2-12,32H,1H3,(H,27,33)(H2,28,29,34). The molecule has 0 bridgehead atoms. The van der Waals surface area contributed by atoms with Gasteiger partial charge < -0.3 is 25.1 Å². The number of phenols is 1. The fraction of sp³-hybridized carbons (Fsp3) is 0.0400. The van der Waals surface area contributed by atoms with Gasteiger partial charge in [-0.15, -0.1) is 10.2 Å². The maximum absolute atomic E-state index is 13.1. The Morgan fingerprint density at radius 3 is 2.63 bits per heavy atom. The van der Waals surface area contributed by atoms with Crippen molar-refractivity contribution < 1.29 is 14.6 Å². The van der Waals surface area contributed by atoms with E-state index in [1.54, 1.807) is 54.6 Å². The van der Waals surface area contributed by atoms with Crippen LogP contribution in [0, 0.1) is 0 Å².